The van der Waals surface area contributed by atoms with Gasteiger partial charge >= 0.3 is 5.97 Å². The van der Waals surface area contributed by atoms with E-state index in [1.807, 2.05) is 24.3 Å². The molecular formula is C21H13ClN2O4S. The van der Waals surface area contributed by atoms with Crippen LogP contribution in [0, 0.1) is 0 Å². The number of hydrazone groups is 1. The Morgan fingerprint density at radius 3 is 2.59 bits per heavy atom. The van der Waals surface area contributed by atoms with Gasteiger partial charge in [0.1, 0.15) is 10.6 Å². The summed E-state index contributed by atoms with van der Waals surface area (Å²) in [7, 11) is 0. The number of hydrogen-bond acceptors (Lipinski definition) is 6. The third kappa shape index (κ3) is 4.21. The van der Waals surface area contributed by atoms with Crippen LogP contribution in [0.25, 0.3) is 10.1 Å². The molecule has 0 radical (unpaired) electrons. The van der Waals surface area contributed by atoms with Gasteiger partial charge in [-0.1, -0.05) is 29.8 Å². The van der Waals surface area contributed by atoms with Crippen molar-refractivity contribution >= 4 is 51.1 Å². The van der Waals surface area contributed by atoms with Gasteiger partial charge in [0.2, 0.25) is 5.76 Å². The summed E-state index contributed by atoms with van der Waals surface area (Å²) in [5.74, 6) is -0.469. The summed E-state index contributed by atoms with van der Waals surface area (Å²) in [6.45, 7) is 0. The van der Waals surface area contributed by atoms with Crippen molar-refractivity contribution in [2.24, 2.45) is 5.10 Å². The Balaban J connectivity index is 1.38. The van der Waals surface area contributed by atoms with Crippen molar-refractivity contribution in [2.45, 2.75) is 0 Å². The van der Waals surface area contributed by atoms with Gasteiger partial charge in [-0.15, -0.1) is 11.3 Å². The van der Waals surface area contributed by atoms with Gasteiger partial charge in [-0.05, 0) is 48.0 Å². The second kappa shape index (κ2) is 8.30. The molecule has 6 nitrogen and oxygen atoms in total. The zero-order valence-electron chi connectivity index (χ0n) is 14.8. The minimum Gasteiger partial charge on any atom is -0.457 e. The van der Waals surface area contributed by atoms with Crippen molar-refractivity contribution in [1.82, 2.24) is 5.43 Å². The number of nitrogens with zero attached hydrogens (tertiary/aromatic N) is 1. The Kier molecular flexibility index (Phi) is 5.41. The van der Waals surface area contributed by atoms with Gasteiger partial charge in [-0.25, -0.2) is 10.2 Å². The topological polar surface area (TPSA) is 80.9 Å². The maximum absolute atomic E-state index is 12.3. The zero-order chi connectivity index (χ0) is 20.2. The number of halogens is 1. The van der Waals surface area contributed by atoms with Crippen LogP contribution in [0.5, 0.6) is 5.75 Å². The number of rotatable bonds is 5. The van der Waals surface area contributed by atoms with Crippen LogP contribution in [0.3, 0.4) is 0 Å². The van der Waals surface area contributed by atoms with Crippen LogP contribution < -0.4 is 10.2 Å². The number of nitrogens with one attached hydrogen (secondary N) is 1. The fourth-order valence-corrected chi connectivity index (χ4v) is 3.96. The van der Waals surface area contributed by atoms with Gasteiger partial charge < -0.3 is 9.15 Å². The molecule has 8 heteroatoms. The van der Waals surface area contributed by atoms with Gasteiger partial charge in [-0.2, -0.15) is 5.10 Å². The Morgan fingerprint density at radius 1 is 1.07 bits per heavy atom. The lowest BCUT2D eigenvalue weighted by Gasteiger charge is -2.02. The van der Waals surface area contributed by atoms with Crippen molar-refractivity contribution in [2.75, 3.05) is 0 Å². The van der Waals surface area contributed by atoms with E-state index in [1.54, 1.807) is 30.3 Å². The molecule has 0 fully saturated rings. The molecule has 0 aliphatic carbocycles. The summed E-state index contributed by atoms with van der Waals surface area (Å²) in [4.78, 5) is 24.6. The lowest BCUT2D eigenvalue weighted by molar-refractivity contribution is 0.0701. The Labute approximate surface area is 174 Å². The fraction of sp³-hybridized carbons (Fsp3) is 0. The predicted octanol–water partition coefficient (Wildman–Crippen LogP) is 5.13. The summed E-state index contributed by atoms with van der Waals surface area (Å²) >= 11 is 7.60. The lowest BCUT2D eigenvalue weighted by Crippen LogP contribution is -2.16. The molecule has 2 aromatic carbocycles. The van der Waals surface area contributed by atoms with Crippen molar-refractivity contribution in [3.8, 4) is 5.75 Å². The highest BCUT2D eigenvalue weighted by atomic mass is 35.5. The van der Waals surface area contributed by atoms with Crippen LogP contribution >= 0.6 is 22.9 Å². The quantitative estimate of drug-likeness (QED) is 0.208. The number of thiophene rings is 1. The van der Waals surface area contributed by atoms with E-state index in [1.165, 1.54) is 29.9 Å². The molecule has 144 valence electrons. The first-order chi connectivity index (χ1) is 14.1. The molecule has 0 bridgehead atoms. The van der Waals surface area contributed by atoms with Gasteiger partial charge in [-0.3, -0.25) is 4.79 Å². The maximum atomic E-state index is 12.3. The number of amides is 1. The normalized spacial score (nSPS) is 11.1. The number of carbonyl (C=O) groups excluding carboxylic acids is 2. The number of esters is 1. The van der Waals surface area contributed by atoms with Crippen molar-refractivity contribution in [1.29, 1.82) is 0 Å². The van der Waals surface area contributed by atoms with Crippen LogP contribution in [-0.2, 0) is 0 Å². The smallest absolute Gasteiger partial charge is 0.379 e. The first-order valence-electron chi connectivity index (χ1n) is 8.48. The molecule has 0 unspecified atom stereocenters. The van der Waals surface area contributed by atoms with E-state index in [9.17, 15) is 9.59 Å². The highest BCUT2D eigenvalue weighted by molar-refractivity contribution is 7.21. The van der Waals surface area contributed by atoms with Gasteiger partial charge in [0.05, 0.1) is 17.5 Å². The molecule has 0 atom stereocenters. The zero-order valence-corrected chi connectivity index (χ0v) is 16.4. The lowest BCUT2D eigenvalue weighted by atomic mass is 10.2. The van der Waals surface area contributed by atoms with E-state index in [0.29, 0.717) is 21.2 Å². The van der Waals surface area contributed by atoms with Crippen LogP contribution in [0.1, 0.15) is 25.8 Å². The van der Waals surface area contributed by atoms with E-state index in [4.69, 9.17) is 20.8 Å². The average Bonchev–Trinajstić information content (AvgIpc) is 3.38. The SMILES string of the molecule is O=C(Oc1ccc(/C=N\NC(=O)c2sc3ccccc3c2Cl)cc1)c1ccco1. The largest absolute Gasteiger partial charge is 0.457 e. The average molecular weight is 425 g/mol. The van der Waals surface area contributed by atoms with Crippen molar-refractivity contribution in [3.05, 3.63) is 88.2 Å². The summed E-state index contributed by atoms with van der Waals surface area (Å²) < 4.78 is 11.1. The Hall–Kier alpha value is -3.42. The highest BCUT2D eigenvalue weighted by Crippen LogP contribution is 2.34. The third-order valence-corrected chi connectivity index (χ3v) is 5.61. The van der Waals surface area contributed by atoms with Crippen LogP contribution in [0.15, 0.2) is 76.4 Å². The van der Waals surface area contributed by atoms with E-state index >= 15 is 0 Å². The summed E-state index contributed by atoms with van der Waals surface area (Å²) in [6.07, 6.45) is 2.88. The molecule has 0 aliphatic rings. The number of hydrogen-bond donors (Lipinski definition) is 1. The first kappa shape index (κ1) is 18.9. The van der Waals surface area contributed by atoms with Gasteiger partial charge in [0.25, 0.3) is 5.91 Å². The molecule has 4 aromatic rings. The molecule has 0 aliphatic heterocycles. The van der Waals surface area contributed by atoms with E-state index < -0.39 is 5.97 Å². The molecule has 0 saturated heterocycles. The molecular weight excluding hydrogens is 412 g/mol. The standard InChI is InChI=1S/C21H13ClN2O4S/c22-18-15-4-1-2-6-17(15)29-19(18)20(25)24-23-12-13-7-9-14(10-8-13)28-21(26)16-5-3-11-27-16/h1-12H,(H,24,25)/b23-12-. The molecule has 4 rings (SSSR count). The Bertz CT molecular complexity index is 1200. The maximum Gasteiger partial charge on any atom is 0.379 e. The monoisotopic (exact) mass is 424 g/mol. The predicted molar refractivity (Wildman–Crippen MR) is 112 cm³/mol. The molecule has 2 aromatic heterocycles. The number of benzene rings is 2. The molecule has 1 amide bonds. The van der Waals surface area contributed by atoms with Crippen LogP contribution in [0.2, 0.25) is 5.02 Å². The van der Waals surface area contributed by atoms with Gasteiger partial charge in [0.15, 0.2) is 0 Å². The molecule has 1 N–H and O–H groups in total. The summed E-state index contributed by atoms with van der Waals surface area (Å²) in [6, 6.07) is 17.3. The second-order valence-corrected chi connectivity index (χ2v) is 7.31. The van der Waals surface area contributed by atoms with E-state index in [0.717, 1.165) is 10.1 Å². The molecule has 0 spiro atoms. The van der Waals surface area contributed by atoms with E-state index in [-0.39, 0.29) is 11.7 Å². The van der Waals surface area contributed by atoms with Crippen LogP contribution in [-0.4, -0.2) is 18.1 Å². The molecule has 2 heterocycles. The van der Waals surface area contributed by atoms with E-state index in [2.05, 4.69) is 10.5 Å². The molecule has 0 saturated carbocycles. The Morgan fingerprint density at radius 2 is 1.86 bits per heavy atom. The van der Waals surface area contributed by atoms with Crippen LogP contribution in [0.4, 0.5) is 0 Å². The number of fused-ring (bicyclic) bond motifs is 1. The van der Waals surface area contributed by atoms with Gasteiger partial charge in [0, 0.05) is 10.1 Å². The number of furan rings is 1. The third-order valence-electron chi connectivity index (χ3n) is 3.93. The minimum absolute atomic E-state index is 0.123. The highest BCUT2D eigenvalue weighted by Gasteiger charge is 2.16. The second-order valence-electron chi connectivity index (χ2n) is 5.88. The minimum atomic E-state index is -0.580. The number of carbonyl (C=O) groups is 2. The van der Waals surface area contributed by atoms with Crippen molar-refractivity contribution < 1.29 is 18.7 Å². The number of ether oxygens (including phenoxy) is 1. The van der Waals surface area contributed by atoms with Crippen molar-refractivity contribution in [3.63, 3.8) is 0 Å². The summed E-state index contributed by atoms with van der Waals surface area (Å²) in [5.41, 5.74) is 3.19. The molecule has 29 heavy (non-hydrogen) atoms. The summed E-state index contributed by atoms with van der Waals surface area (Å²) in [5, 5.41) is 5.22. The first-order valence-corrected chi connectivity index (χ1v) is 9.67. The fourth-order valence-electron chi connectivity index (χ4n) is 2.55.